The van der Waals surface area contributed by atoms with E-state index in [4.69, 9.17) is 24.7 Å². The van der Waals surface area contributed by atoms with Crippen molar-refractivity contribution in [3.8, 4) is 17.3 Å². The number of fused-ring (bicyclic) bond motifs is 3. The van der Waals surface area contributed by atoms with Crippen molar-refractivity contribution in [3.05, 3.63) is 114 Å². The SMILES string of the molecule is COc1cccc2ccc(C3=C4C(=O)N(c5ccccc5)N=C4COc4c3c(C)nn4-c3ccccc3)nc12. The van der Waals surface area contributed by atoms with Gasteiger partial charge in [-0.05, 0) is 43.3 Å². The zero-order valence-corrected chi connectivity index (χ0v) is 21.3. The lowest BCUT2D eigenvalue weighted by atomic mass is 9.94. The highest BCUT2D eigenvalue weighted by Crippen LogP contribution is 2.42. The lowest BCUT2D eigenvalue weighted by molar-refractivity contribution is -0.114. The third-order valence-electron chi connectivity index (χ3n) is 6.94. The molecule has 0 unspecified atom stereocenters. The average Bonchev–Trinajstić information content (AvgIpc) is 3.42. The molecule has 2 aliphatic heterocycles. The van der Waals surface area contributed by atoms with Gasteiger partial charge in [0.15, 0.2) is 0 Å². The molecule has 4 heterocycles. The van der Waals surface area contributed by atoms with E-state index >= 15 is 0 Å². The molecule has 0 saturated heterocycles. The third kappa shape index (κ3) is 3.60. The molecule has 0 aliphatic carbocycles. The zero-order chi connectivity index (χ0) is 26.5. The Morgan fingerprint density at radius 3 is 2.33 bits per heavy atom. The number of para-hydroxylation sites is 3. The van der Waals surface area contributed by atoms with Crippen LogP contribution >= 0.6 is 0 Å². The maximum atomic E-state index is 14.1. The predicted octanol–water partition coefficient (Wildman–Crippen LogP) is 5.33. The van der Waals surface area contributed by atoms with Crippen molar-refractivity contribution >= 4 is 33.8 Å². The summed E-state index contributed by atoms with van der Waals surface area (Å²) in [4.78, 5) is 19.1. The third-order valence-corrected chi connectivity index (χ3v) is 6.94. The van der Waals surface area contributed by atoms with Gasteiger partial charge in [-0.1, -0.05) is 54.6 Å². The van der Waals surface area contributed by atoms with E-state index in [1.807, 2.05) is 97.9 Å². The average molecular weight is 514 g/mol. The number of hydrogen-bond acceptors (Lipinski definition) is 6. The second-order valence-corrected chi connectivity index (χ2v) is 9.28. The van der Waals surface area contributed by atoms with Crippen molar-refractivity contribution < 1.29 is 14.3 Å². The summed E-state index contributed by atoms with van der Waals surface area (Å²) in [5.74, 6) is 0.954. The van der Waals surface area contributed by atoms with Crippen LogP contribution in [0, 0.1) is 6.92 Å². The van der Waals surface area contributed by atoms with Gasteiger partial charge in [-0.25, -0.2) is 9.67 Å². The van der Waals surface area contributed by atoms with Crippen molar-refractivity contribution in [3.63, 3.8) is 0 Å². The number of nitrogens with zero attached hydrogens (tertiary/aromatic N) is 5. The Balaban J connectivity index is 1.52. The Morgan fingerprint density at radius 1 is 0.846 bits per heavy atom. The van der Waals surface area contributed by atoms with E-state index in [2.05, 4.69) is 0 Å². The Labute approximate surface area is 224 Å². The van der Waals surface area contributed by atoms with Crippen LogP contribution in [0.3, 0.4) is 0 Å². The minimum atomic E-state index is -0.239. The lowest BCUT2D eigenvalue weighted by Crippen LogP contribution is -2.22. The van der Waals surface area contributed by atoms with Crippen molar-refractivity contribution in [2.45, 2.75) is 6.92 Å². The number of anilines is 1. The Bertz CT molecular complexity index is 1820. The summed E-state index contributed by atoms with van der Waals surface area (Å²) in [6.07, 6.45) is 0. The van der Waals surface area contributed by atoms with E-state index in [1.165, 1.54) is 5.01 Å². The van der Waals surface area contributed by atoms with E-state index in [0.717, 1.165) is 11.1 Å². The van der Waals surface area contributed by atoms with Crippen LogP contribution in [0.5, 0.6) is 11.6 Å². The molecule has 0 spiro atoms. The molecule has 0 fully saturated rings. The minimum absolute atomic E-state index is 0.107. The van der Waals surface area contributed by atoms with Gasteiger partial charge in [-0.15, -0.1) is 0 Å². The molecule has 3 aromatic carbocycles. The second kappa shape index (κ2) is 8.95. The van der Waals surface area contributed by atoms with Crippen LogP contribution in [0.2, 0.25) is 0 Å². The van der Waals surface area contributed by atoms with Gasteiger partial charge < -0.3 is 9.47 Å². The van der Waals surface area contributed by atoms with Crippen LogP contribution < -0.4 is 14.5 Å². The van der Waals surface area contributed by atoms with Crippen molar-refractivity contribution in [2.75, 3.05) is 18.7 Å². The summed E-state index contributed by atoms with van der Waals surface area (Å²) in [5.41, 5.74) is 5.90. The first kappa shape index (κ1) is 22.9. The van der Waals surface area contributed by atoms with E-state index in [0.29, 0.717) is 56.6 Å². The van der Waals surface area contributed by atoms with Gasteiger partial charge in [0.25, 0.3) is 5.91 Å². The van der Waals surface area contributed by atoms with Gasteiger partial charge in [0.1, 0.15) is 23.6 Å². The van der Waals surface area contributed by atoms with Crippen LogP contribution in [0.15, 0.2) is 102 Å². The van der Waals surface area contributed by atoms with Crippen molar-refractivity contribution in [2.24, 2.45) is 5.10 Å². The lowest BCUT2D eigenvalue weighted by Gasteiger charge is -2.15. The molecule has 0 atom stereocenters. The number of ether oxygens (including phenoxy) is 2. The van der Waals surface area contributed by atoms with Crippen LogP contribution in [0.4, 0.5) is 5.69 Å². The van der Waals surface area contributed by atoms with Crippen LogP contribution in [-0.2, 0) is 4.79 Å². The molecule has 7 rings (SSSR count). The number of amides is 1. The number of carbonyl (C=O) groups is 1. The molecule has 5 aromatic rings. The van der Waals surface area contributed by atoms with E-state index < -0.39 is 0 Å². The molecular weight excluding hydrogens is 490 g/mol. The minimum Gasteiger partial charge on any atom is -0.494 e. The van der Waals surface area contributed by atoms with Gasteiger partial charge in [0.2, 0.25) is 5.88 Å². The quantitative estimate of drug-likeness (QED) is 0.324. The molecule has 190 valence electrons. The topological polar surface area (TPSA) is 81.8 Å². The summed E-state index contributed by atoms with van der Waals surface area (Å²) in [6.45, 7) is 2.02. The molecule has 0 N–H and O–H groups in total. The zero-order valence-electron chi connectivity index (χ0n) is 21.3. The number of aryl methyl sites for hydroxylation is 1. The van der Waals surface area contributed by atoms with E-state index in [-0.39, 0.29) is 12.5 Å². The molecule has 8 nitrogen and oxygen atoms in total. The van der Waals surface area contributed by atoms with Crippen molar-refractivity contribution in [1.29, 1.82) is 0 Å². The van der Waals surface area contributed by atoms with Crippen LogP contribution in [-0.4, -0.2) is 40.1 Å². The molecule has 2 aromatic heterocycles. The van der Waals surface area contributed by atoms with Crippen LogP contribution in [0.1, 0.15) is 17.0 Å². The predicted molar refractivity (Wildman–Crippen MR) is 149 cm³/mol. The Kier molecular flexibility index (Phi) is 5.26. The fourth-order valence-corrected chi connectivity index (χ4v) is 5.15. The normalized spacial score (nSPS) is 14.6. The standard InChI is InChI=1S/C31H23N5O3/c1-19-26-27(23-17-16-20-10-9-15-25(38-2)29(20)32-23)28-24(34-35(30(28)37)21-11-5-3-6-12-21)18-39-31(26)36(33-19)22-13-7-4-8-14-22/h3-17H,18H2,1-2H3. The number of hydrogen-bond donors (Lipinski definition) is 0. The first-order valence-electron chi connectivity index (χ1n) is 12.6. The molecule has 0 bridgehead atoms. The molecule has 39 heavy (non-hydrogen) atoms. The number of pyridine rings is 1. The number of rotatable bonds is 4. The fourth-order valence-electron chi connectivity index (χ4n) is 5.15. The van der Waals surface area contributed by atoms with E-state index in [9.17, 15) is 4.79 Å². The molecule has 2 aliphatic rings. The molecular formula is C31H23N5O3. The Morgan fingerprint density at radius 2 is 1.59 bits per heavy atom. The number of hydrazone groups is 1. The maximum absolute atomic E-state index is 14.1. The number of benzene rings is 3. The molecule has 1 amide bonds. The largest absolute Gasteiger partial charge is 0.494 e. The summed E-state index contributed by atoms with van der Waals surface area (Å²) < 4.78 is 13.8. The molecule has 0 saturated carbocycles. The monoisotopic (exact) mass is 513 g/mol. The van der Waals surface area contributed by atoms with Gasteiger partial charge in [-0.2, -0.15) is 15.2 Å². The Hall–Kier alpha value is -5.24. The van der Waals surface area contributed by atoms with Gasteiger partial charge >= 0.3 is 0 Å². The molecule has 8 heteroatoms. The van der Waals surface area contributed by atoms with Gasteiger partial charge in [0, 0.05) is 11.0 Å². The summed E-state index contributed by atoms with van der Waals surface area (Å²) >= 11 is 0. The van der Waals surface area contributed by atoms with Crippen LogP contribution in [0.25, 0.3) is 22.2 Å². The second-order valence-electron chi connectivity index (χ2n) is 9.28. The van der Waals surface area contributed by atoms with Gasteiger partial charge in [-0.3, -0.25) is 4.79 Å². The smallest absolute Gasteiger partial charge is 0.281 e. The number of carbonyl (C=O) groups excluding carboxylic acids is 1. The van der Waals surface area contributed by atoms with Gasteiger partial charge in [0.05, 0.1) is 41.0 Å². The fraction of sp³-hybridized carbons (Fsp3) is 0.0968. The first-order valence-corrected chi connectivity index (χ1v) is 12.6. The summed E-state index contributed by atoms with van der Waals surface area (Å²) in [6, 6.07) is 28.9. The highest BCUT2D eigenvalue weighted by atomic mass is 16.5. The molecule has 0 radical (unpaired) electrons. The highest BCUT2D eigenvalue weighted by molar-refractivity contribution is 6.36. The summed E-state index contributed by atoms with van der Waals surface area (Å²) in [5, 5.41) is 11.9. The first-order chi connectivity index (χ1) is 19.1. The highest BCUT2D eigenvalue weighted by Gasteiger charge is 2.40. The number of methoxy groups -OCH3 is 1. The number of aromatic nitrogens is 3. The maximum Gasteiger partial charge on any atom is 0.281 e. The summed E-state index contributed by atoms with van der Waals surface area (Å²) in [7, 11) is 1.62. The van der Waals surface area contributed by atoms with Crippen molar-refractivity contribution in [1.82, 2.24) is 14.8 Å². The van der Waals surface area contributed by atoms with E-state index in [1.54, 1.807) is 11.8 Å².